The molecule has 7 nitrogen and oxygen atoms in total. The van der Waals surface area contributed by atoms with Crippen LogP contribution in [0.5, 0.6) is 0 Å². The van der Waals surface area contributed by atoms with Gasteiger partial charge in [0.25, 0.3) is 0 Å². The lowest BCUT2D eigenvalue weighted by Crippen LogP contribution is -1.97. The molecule has 0 aliphatic heterocycles. The van der Waals surface area contributed by atoms with Crippen molar-refractivity contribution in [1.82, 2.24) is 0 Å². The Morgan fingerprint density at radius 1 is 0.833 bits per heavy atom. The molecule has 18 heavy (non-hydrogen) atoms. The summed E-state index contributed by atoms with van der Waals surface area (Å²) in [5, 5.41) is 16.7. The molecule has 106 valence electrons. The minimum absolute atomic E-state index is 0.0698. The van der Waals surface area contributed by atoms with Crippen molar-refractivity contribution in [3.05, 3.63) is 0 Å². The molecule has 0 aromatic rings. The van der Waals surface area contributed by atoms with Gasteiger partial charge in [0.05, 0.1) is 13.2 Å². The number of rotatable bonds is 12. The van der Waals surface area contributed by atoms with Gasteiger partial charge in [-0.05, 0) is 25.7 Å². The van der Waals surface area contributed by atoms with Crippen LogP contribution in [-0.4, -0.2) is 35.4 Å². The summed E-state index contributed by atoms with van der Waals surface area (Å²) in [6.07, 6.45) is 2.13. The van der Waals surface area contributed by atoms with Crippen LogP contribution in [0, 0.1) is 0 Å². The van der Waals surface area contributed by atoms with Crippen LogP contribution in [0.25, 0.3) is 0 Å². The summed E-state index contributed by atoms with van der Waals surface area (Å²) in [6.45, 7) is 0.417. The molecule has 0 radical (unpaired) electrons. The van der Waals surface area contributed by atoms with E-state index in [4.69, 9.17) is 19.3 Å². The number of unbranched alkanes of at least 4 members (excludes halogenated alkanes) is 2. The number of carbonyl (C=O) groups is 2. The van der Waals surface area contributed by atoms with Gasteiger partial charge in [0.2, 0.25) is 0 Å². The average molecular weight is 282 g/mol. The van der Waals surface area contributed by atoms with Gasteiger partial charge < -0.3 is 19.3 Å². The first-order valence-corrected chi connectivity index (χ1v) is 6.98. The molecule has 2 N–H and O–H groups in total. The van der Waals surface area contributed by atoms with Gasteiger partial charge in [-0.2, -0.15) is 0 Å². The summed E-state index contributed by atoms with van der Waals surface area (Å²) in [7, 11) is -2.54. The SMILES string of the molecule is O=C(O)CCCCO[PH](=O)OCCCCC(=O)O. The standard InChI is InChI=1S/C10H19O7P/c11-9(12)5-1-3-7-16-18(15)17-8-4-2-6-10(13)14/h18H,1-8H2,(H,11,12)(H,13,14). The van der Waals surface area contributed by atoms with E-state index in [2.05, 4.69) is 0 Å². The number of hydrogen-bond donors (Lipinski definition) is 2. The minimum atomic E-state index is -2.54. The van der Waals surface area contributed by atoms with Crippen molar-refractivity contribution in [2.45, 2.75) is 38.5 Å². The van der Waals surface area contributed by atoms with E-state index in [1.165, 1.54) is 0 Å². The fraction of sp³-hybridized carbons (Fsp3) is 0.800. The highest BCUT2D eigenvalue weighted by Crippen LogP contribution is 2.24. The molecule has 0 bridgehead atoms. The maximum Gasteiger partial charge on any atom is 0.319 e. The number of hydrogen-bond acceptors (Lipinski definition) is 5. The molecule has 0 aromatic carbocycles. The highest BCUT2D eigenvalue weighted by molar-refractivity contribution is 7.33. The van der Waals surface area contributed by atoms with Crippen LogP contribution in [0.4, 0.5) is 0 Å². The van der Waals surface area contributed by atoms with Crippen LogP contribution >= 0.6 is 8.25 Å². The van der Waals surface area contributed by atoms with Gasteiger partial charge in [0, 0.05) is 12.8 Å². The van der Waals surface area contributed by atoms with Gasteiger partial charge in [0.15, 0.2) is 0 Å². The molecule has 8 heteroatoms. The van der Waals surface area contributed by atoms with Crippen molar-refractivity contribution in [3.8, 4) is 0 Å². The van der Waals surface area contributed by atoms with Gasteiger partial charge in [-0.1, -0.05) is 0 Å². The van der Waals surface area contributed by atoms with Crippen molar-refractivity contribution in [2.75, 3.05) is 13.2 Å². The summed E-state index contributed by atoms with van der Waals surface area (Å²) in [5.41, 5.74) is 0. The van der Waals surface area contributed by atoms with Gasteiger partial charge in [-0.25, -0.2) is 0 Å². The zero-order valence-electron chi connectivity index (χ0n) is 10.1. The third-order valence-electron chi connectivity index (χ3n) is 2.01. The Hall–Kier alpha value is -0.910. The maximum atomic E-state index is 11.1. The summed E-state index contributed by atoms with van der Waals surface area (Å²) in [5.74, 6) is -1.73. The van der Waals surface area contributed by atoms with E-state index in [0.717, 1.165) is 0 Å². The van der Waals surface area contributed by atoms with Crippen LogP contribution in [0.2, 0.25) is 0 Å². The second-order valence-corrected chi connectivity index (χ2v) is 4.73. The van der Waals surface area contributed by atoms with Crippen molar-refractivity contribution >= 4 is 20.2 Å². The molecule has 0 spiro atoms. The topological polar surface area (TPSA) is 110 Å². The smallest absolute Gasteiger partial charge is 0.319 e. The lowest BCUT2D eigenvalue weighted by atomic mass is 10.2. The van der Waals surface area contributed by atoms with Crippen LogP contribution in [0.1, 0.15) is 38.5 Å². The third kappa shape index (κ3) is 13.2. The molecule has 0 heterocycles. The maximum absolute atomic E-state index is 11.1. The number of aliphatic carboxylic acids is 2. The third-order valence-corrected chi connectivity index (χ3v) is 2.89. The van der Waals surface area contributed by atoms with Gasteiger partial charge in [-0.3, -0.25) is 14.2 Å². The molecule has 0 saturated heterocycles. The number of carboxylic acids is 2. The van der Waals surface area contributed by atoms with Crippen molar-refractivity contribution in [2.24, 2.45) is 0 Å². The van der Waals surface area contributed by atoms with Crippen LogP contribution in [-0.2, 0) is 23.2 Å². The van der Waals surface area contributed by atoms with E-state index in [1.54, 1.807) is 0 Å². The zero-order chi connectivity index (χ0) is 13.8. The zero-order valence-corrected chi connectivity index (χ0v) is 11.1. The first kappa shape index (κ1) is 17.1. The molecule has 0 aliphatic carbocycles. The molecular formula is C10H19O7P. The van der Waals surface area contributed by atoms with Gasteiger partial charge in [-0.15, -0.1) is 0 Å². The Morgan fingerprint density at radius 3 is 1.56 bits per heavy atom. The lowest BCUT2D eigenvalue weighted by Gasteiger charge is -2.04. The number of carboxylic acid groups (broad SMARTS) is 2. The molecule has 0 rings (SSSR count). The lowest BCUT2D eigenvalue weighted by molar-refractivity contribution is -0.138. The van der Waals surface area contributed by atoms with E-state index in [9.17, 15) is 14.2 Å². The molecule has 0 fully saturated rings. The summed E-state index contributed by atoms with van der Waals surface area (Å²) >= 11 is 0. The molecule has 0 atom stereocenters. The first-order valence-electron chi connectivity index (χ1n) is 5.75. The van der Waals surface area contributed by atoms with Crippen molar-refractivity contribution in [1.29, 1.82) is 0 Å². The van der Waals surface area contributed by atoms with Gasteiger partial charge >= 0.3 is 20.2 Å². The van der Waals surface area contributed by atoms with Crippen LogP contribution in [0.15, 0.2) is 0 Å². The second kappa shape index (κ2) is 11.2. The highest BCUT2D eigenvalue weighted by atomic mass is 31.1. The Morgan fingerprint density at radius 2 is 1.22 bits per heavy atom. The molecular weight excluding hydrogens is 263 g/mol. The monoisotopic (exact) mass is 282 g/mol. The Bertz CT molecular complexity index is 253. The Balaban J connectivity index is 3.27. The molecule has 0 saturated carbocycles. The van der Waals surface area contributed by atoms with E-state index >= 15 is 0 Å². The Labute approximate surface area is 106 Å². The summed E-state index contributed by atoms with van der Waals surface area (Å²) in [4.78, 5) is 20.4. The Kier molecular flexibility index (Phi) is 10.6. The van der Waals surface area contributed by atoms with Gasteiger partial charge in [0.1, 0.15) is 0 Å². The predicted molar refractivity (Wildman–Crippen MR) is 63.9 cm³/mol. The normalized spacial score (nSPS) is 10.7. The largest absolute Gasteiger partial charge is 0.481 e. The molecule has 0 amide bonds. The van der Waals surface area contributed by atoms with E-state index < -0.39 is 20.2 Å². The van der Waals surface area contributed by atoms with Crippen LogP contribution in [0.3, 0.4) is 0 Å². The fourth-order valence-corrected chi connectivity index (χ4v) is 1.81. The molecule has 0 unspecified atom stereocenters. The minimum Gasteiger partial charge on any atom is -0.481 e. The van der Waals surface area contributed by atoms with E-state index in [1.807, 2.05) is 0 Å². The van der Waals surface area contributed by atoms with Crippen LogP contribution < -0.4 is 0 Å². The van der Waals surface area contributed by atoms with Crippen molar-refractivity contribution < 1.29 is 33.4 Å². The van der Waals surface area contributed by atoms with E-state index in [-0.39, 0.29) is 26.1 Å². The molecule has 0 aliphatic rings. The average Bonchev–Trinajstić information content (AvgIpc) is 2.27. The van der Waals surface area contributed by atoms with E-state index in [0.29, 0.717) is 25.7 Å². The molecule has 0 aromatic heterocycles. The van der Waals surface area contributed by atoms with Crippen molar-refractivity contribution in [3.63, 3.8) is 0 Å². The first-order chi connectivity index (χ1) is 8.52. The highest BCUT2D eigenvalue weighted by Gasteiger charge is 2.02. The summed E-state index contributed by atoms with van der Waals surface area (Å²) < 4.78 is 20.9. The quantitative estimate of drug-likeness (QED) is 0.415. The second-order valence-electron chi connectivity index (χ2n) is 3.65. The fourth-order valence-electron chi connectivity index (χ4n) is 1.11. The predicted octanol–water partition coefficient (Wildman–Crippen LogP) is 1.92. The summed E-state index contributed by atoms with van der Waals surface area (Å²) in [6, 6.07) is 0.